The predicted octanol–water partition coefficient (Wildman–Crippen LogP) is 4.63. The number of methoxy groups -OCH3 is 2. The van der Waals surface area contributed by atoms with Gasteiger partial charge in [-0.2, -0.15) is 0 Å². The van der Waals surface area contributed by atoms with Crippen LogP contribution in [0.3, 0.4) is 0 Å². The smallest absolute Gasteiger partial charge is 0.338 e. The highest BCUT2D eigenvalue weighted by Gasteiger charge is 2.42. The van der Waals surface area contributed by atoms with Gasteiger partial charge in [-0.1, -0.05) is 17.8 Å². The number of hydrogen-bond donors (Lipinski definition) is 0. The van der Waals surface area contributed by atoms with Gasteiger partial charge in [-0.25, -0.2) is 9.79 Å². The monoisotopic (exact) mass is 499 g/mol. The highest BCUT2D eigenvalue weighted by atomic mass is 32.2. The van der Waals surface area contributed by atoms with E-state index in [-0.39, 0.29) is 12.3 Å². The van der Waals surface area contributed by atoms with Crippen molar-refractivity contribution in [3.8, 4) is 11.5 Å². The average molecular weight is 500 g/mol. The molecule has 1 aromatic rings. The van der Waals surface area contributed by atoms with Crippen LogP contribution in [0.2, 0.25) is 0 Å². The summed E-state index contributed by atoms with van der Waals surface area (Å²) in [4.78, 5) is 35.2. The number of hydrogen-bond acceptors (Lipinski definition) is 8. The molecule has 1 amide bonds. The zero-order chi connectivity index (χ0) is 25.3. The number of ether oxygens (including phenoxy) is 3. The van der Waals surface area contributed by atoms with Gasteiger partial charge in [0.1, 0.15) is 5.60 Å². The van der Waals surface area contributed by atoms with Crippen molar-refractivity contribution in [1.82, 2.24) is 9.80 Å². The van der Waals surface area contributed by atoms with Crippen molar-refractivity contribution >= 4 is 28.8 Å². The van der Waals surface area contributed by atoms with Crippen LogP contribution in [0.4, 0.5) is 0 Å². The van der Waals surface area contributed by atoms with E-state index in [9.17, 15) is 9.59 Å². The van der Waals surface area contributed by atoms with Crippen molar-refractivity contribution in [2.75, 3.05) is 27.3 Å². The van der Waals surface area contributed by atoms with Crippen LogP contribution in [-0.2, 0) is 14.3 Å². The highest BCUT2D eigenvalue weighted by molar-refractivity contribution is 8.16. The van der Waals surface area contributed by atoms with Crippen LogP contribution in [0.1, 0.15) is 58.6 Å². The molecule has 1 atom stereocenters. The molecule has 1 fully saturated rings. The zero-order valence-electron chi connectivity index (χ0n) is 21.2. The Balaban J connectivity index is 1.77. The molecule has 0 saturated carbocycles. The first-order valence-corrected chi connectivity index (χ1v) is 12.7. The molecule has 0 aliphatic carbocycles. The predicted molar refractivity (Wildman–Crippen MR) is 136 cm³/mol. The molecule has 1 aromatic carbocycles. The molecule has 0 radical (unpaired) electrons. The second-order valence-electron chi connectivity index (χ2n) is 9.77. The van der Waals surface area contributed by atoms with E-state index in [1.165, 1.54) is 11.8 Å². The zero-order valence-corrected chi connectivity index (χ0v) is 22.0. The normalized spacial score (nSPS) is 19.9. The van der Waals surface area contributed by atoms with Crippen molar-refractivity contribution < 1.29 is 23.8 Å². The van der Waals surface area contributed by atoms with E-state index >= 15 is 0 Å². The van der Waals surface area contributed by atoms with Crippen molar-refractivity contribution in [3.63, 3.8) is 0 Å². The molecule has 4 rings (SSSR count). The van der Waals surface area contributed by atoms with E-state index in [1.807, 2.05) is 61.1 Å². The van der Waals surface area contributed by atoms with Crippen molar-refractivity contribution in [2.45, 2.75) is 58.6 Å². The third kappa shape index (κ3) is 5.19. The number of esters is 1. The molecule has 0 N–H and O–H groups in total. The molecule has 188 valence electrons. The summed E-state index contributed by atoms with van der Waals surface area (Å²) < 4.78 is 16.8. The Labute approximate surface area is 211 Å². The van der Waals surface area contributed by atoms with Gasteiger partial charge in [0.05, 0.1) is 38.0 Å². The second-order valence-corrected chi connectivity index (χ2v) is 10.6. The topological polar surface area (TPSA) is 80.7 Å². The maximum atomic E-state index is 13.5. The molecule has 8 nitrogen and oxygen atoms in total. The molecule has 0 bridgehead atoms. The minimum absolute atomic E-state index is 0.0896. The Morgan fingerprint density at radius 1 is 1.11 bits per heavy atom. The Morgan fingerprint density at radius 3 is 2.43 bits per heavy atom. The third-order valence-corrected chi connectivity index (χ3v) is 7.02. The number of amidine groups is 1. The van der Waals surface area contributed by atoms with Crippen LogP contribution >= 0.6 is 11.8 Å². The number of benzene rings is 1. The quantitative estimate of drug-likeness (QED) is 0.528. The number of nitrogens with zero attached hydrogens (tertiary/aromatic N) is 3. The SMILES string of the molecule is COc1ccc(C2C(C(=O)OC(C)(C)C)=C(C)N=C3SC=C(CC(=O)N4CCCC4)N32)cc1OC. The first kappa shape index (κ1) is 25.2. The lowest BCUT2D eigenvalue weighted by Crippen LogP contribution is -2.39. The fraction of sp³-hybridized carbons (Fsp3) is 0.500. The molecule has 3 heterocycles. The summed E-state index contributed by atoms with van der Waals surface area (Å²) in [5, 5.41) is 2.70. The second kappa shape index (κ2) is 9.97. The number of carbonyl (C=O) groups excluding carboxylic acids is 2. The van der Waals surface area contributed by atoms with Crippen LogP contribution in [0.5, 0.6) is 11.5 Å². The lowest BCUT2D eigenvalue weighted by atomic mass is 9.93. The molecule has 9 heteroatoms. The van der Waals surface area contributed by atoms with Gasteiger partial charge in [-0.3, -0.25) is 4.79 Å². The van der Waals surface area contributed by atoms with Crippen LogP contribution in [0, 0.1) is 0 Å². The summed E-state index contributed by atoms with van der Waals surface area (Å²) >= 11 is 1.47. The number of amides is 1. The molecule has 0 aromatic heterocycles. The Kier molecular flexibility index (Phi) is 7.17. The van der Waals surface area contributed by atoms with Gasteiger partial charge in [0, 0.05) is 18.8 Å². The van der Waals surface area contributed by atoms with E-state index in [1.54, 1.807) is 14.2 Å². The Bertz CT molecular complexity index is 1110. The number of carbonyl (C=O) groups is 2. The standard InChI is InChI=1S/C26H33N3O5S/c1-16-22(24(31)34-26(2,3)4)23(17-9-10-19(32-5)20(13-17)33-6)29-18(15-35-25(29)27-16)14-21(30)28-11-7-8-12-28/h9-10,13,15,23H,7-8,11-12,14H2,1-6H3. The van der Waals surface area contributed by atoms with Crippen molar-refractivity contribution in [1.29, 1.82) is 0 Å². The Morgan fingerprint density at radius 2 is 1.80 bits per heavy atom. The van der Waals surface area contributed by atoms with Gasteiger partial charge in [0.25, 0.3) is 0 Å². The number of allylic oxidation sites excluding steroid dienone is 1. The summed E-state index contributed by atoms with van der Waals surface area (Å²) in [6.45, 7) is 8.94. The van der Waals surface area contributed by atoms with Crippen LogP contribution in [0.15, 0.2) is 45.6 Å². The highest BCUT2D eigenvalue weighted by Crippen LogP contribution is 2.46. The number of rotatable bonds is 6. The van der Waals surface area contributed by atoms with E-state index in [0.717, 1.165) is 42.4 Å². The van der Waals surface area contributed by atoms with Gasteiger partial charge in [-0.15, -0.1) is 0 Å². The number of thioether (sulfide) groups is 1. The van der Waals surface area contributed by atoms with E-state index in [0.29, 0.717) is 22.8 Å². The van der Waals surface area contributed by atoms with Gasteiger partial charge in [0.15, 0.2) is 16.7 Å². The van der Waals surface area contributed by atoms with E-state index < -0.39 is 17.6 Å². The lowest BCUT2D eigenvalue weighted by molar-refractivity contribution is -0.150. The van der Waals surface area contributed by atoms with Crippen LogP contribution in [0.25, 0.3) is 0 Å². The van der Waals surface area contributed by atoms with Gasteiger partial charge in [-0.05, 0) is 63.6 Å². The number of fused-ring (bicyclic) bond motifs is 1. The molecular formula is C26H33N3O5S. The summed E-state index contributed by atoms with van der Waals surface area (Å²) in [5.74, 6) is 0.809. The number of likely N-dealkylation sites (tertiary alicyclic amines) is 1. The summed E-state index contributed by atoms with van der Waals surface area (Å²) in [6.07, 6.45) is 2.32. The molecular weight excluding hydrogens is 466 g/mol. The molecule has 35 heavy (non-hydrogen) atoms. The van der Waals surface area contributed by atoms with Crippen LogP contribution in [-0.4, -0.2) is 59.8 Å². The first-order chi connectivity index (χ1) is 16.6. The lowest BCUT2D eigenvalue weighted by Gasteiger charge is -2.37. The van der Waals surface area contributed by atoms with Gasteiger partial charge < -0.3 is 24.0 Å². The Hall–Kier alpha value is -2.94. The summed E-state index contributed by atoms with van der Waals surface area (Å²) in [7, 11) is 3.16. The molecule has 1 unspecified atom stereocenters. The molecule has 3 aliphatic heterocycles. The summed E-state index contributed by atoms with van der Waals surface area (Å²) in [5.41, 5.74) is 2.01. The minimum Gasteiger partial charge on any atom is -0.493 e. The third-order valence-electron chi connectivity index (χ3n) is 6.13. The molecule has 3 aliphatic rings. The van der Waals surface area contributed by atoms with Crippen LogP contribution < -0.4 is 9.47 Å². The largest absolute Gasteiger partial charge is 0.493 e. The number of aliphatic imine (C=N–C) groups is 1. The molecule has 1 saturated heterocycles. The fourth-order valence-electron chi connectivity index (χ4n) is 4.54. The average Bonchev–Trinajstić information content (AvgIpc) is 3.47. The minimum atomic E-state index is -0.666. The van der Waals surface area contributed by atoms with Gasteiger partial charge >= 0.3 is 5.97 Å². The first-order valence-electron chi connectivity index (χ1n) is 11.8. The van der Waals surface area contributed by atoms with Gasteiger partial charge in [0.2, 0.25) is 5.91 Å². The van der Waals surface area contributed by atoms with E-state index in [4.69, 9.17) is 19.2 Å². The van der Waals surface area contributed by atoms with Crippen molar-refractivity contribution in [2.24, 2.45) is 4.99 Å². The summed E-state index contributed by atoms with van der Waals surface area (Å²) in [6, 6.07) is 5.08. The maximum Gasteiger partial charge on any atom is 0.338 e. The fourth-order valence-corrected chi connectivity index (χ4v) is 5.50. The molecule has 0 spiro atoms. The van der Waals surface area contributed by atoms with Crippen molar-refractivity contribution in [3.05, 3.63) is 46.1 Å². The van der Waals surface area contributed by atoms with E-state index in [2.05, 4.69) is 0 Å². The maximum absolute atomic E-state index is 13.5.